The lowest BCUT2D eigenvalue weighted by molar-refractivity contribution is 0.0747. The van der Waals surface area contributed by atoms with Crippen molar-refractivity contribution in [2.45, 2.75) is 0 Å². The number of hydrogen-bond donors (Lipinski definition) is 0. The summed E-state index contributed by atoms with van der Waals surface area (Å²) in [6.45, 7) is 2.94. The predicted octanol–water partition coefficient (Wildman–Crippen LogP) is 4.05. The van der Waals surface area contributed by atoms with E-state index in [2.05, 4.69) is 4.90 Å². The third-order valence-corrected chi connectivity index (χ3v) is 4.78. The molecule has 4 rings (SSSR count). The van der Waals surface area contributed by atoms with Crippen molar-refractivity contribution in [3.63, 3.8) is 0 Å². The Morgan fingerprint density at radius 3 is 2.58 bits per heavy atom. The highest BCUT2D eigenvalue weighted by Crippen LogP contribution is 2.26. The number of furan rings is 1. The second-order valence-electron chi connectivity index (χ2n) is 5.90. The average molecular weight is 341 g/mol. The molecular weight excluding hydrogens is 324 g/mol. The molecule has 0 unspecified atom stereocenters. The first kappa shape index (κ1) is 15.1. The molecule has 0 spiro atoms. The lowest BCUT2D eigenvalue weighted by Crippen LogP contribution is -2.48. The highest BCUT2D eigenvalue weighted by atomic mass is 35.5. The Labute approximate surface area is 145 Å². The Bertz CT molecular complexity index is 882. The largest absolute Gasteiger partial charge is 0.464 e. The first-order valence-corrected chi connectivity index (χ1v) is 8.36. The first-order chi connectivity index (χ1) is 11.7. The number of fused-ring (bicyclic) bond motifs is 1. The van der Waals surface area contributed by atoms with E-state index in [1.54, 1.807) is 6.26 Å². The van der Waals surface area contributed by atoms with Crippen LogP contribution in [0.1, 0.15) is 10.4 Å². The Hall–Kier alpha value is -2.46. The molecule has 1 amide bonds. The average Bonchev–Trinajstić information content (AvgIpc) is 3.09. The standard InChI is InChI=1S/C19H17ClN2O2/c20-16-3-1-2-4-17(16)21-8-10-22(11-9-21)19(23)15-5-6-18-14(13-15)7-12-24-18/h1-7,12-13H,8-11H2. The molecule has 24 heavy (non-hydrogen) atoms. The lowest BCUT2D eigenvalue weighted by Gasteiger charge is -2.36. The minimum atomic E-state index is 0.0666. The van der Waals surface area contributed by atoms with E-state index in [-0.39, 0.29) is 5.91 Å². The number of carbonyl (C=O) groups is 1. The number of para-hydroxylation sites is 1. The summed E-state index contributed by atoms with van der Waals surface area (Å²) < 4.78 is 5.33. The maximum absolute atomic E-state index is 12.7. The molecule has 0 saturated carbocycles. The highest BCUT2D eigenvalue weighted by molar-refractivity contribution is 6.33. The van der Waals surface area contributed by atoms with Gasteiger partial charge in [0.15, 0.2) is 0 Å². The molecule has 1 fully saturated rings. The van der Waals surface area contributed by atoms with Gasteiger partial charge in [0.2, 0.25) is 0 Å². The zero-order chi connectivity index (χ0) is 16.5. The summed E-state index contributed by atoms with van der Waals surface area (Å²) in [5.41, 5.74) is 2.54. The summed E-state index contributed by atoms with van der Waals surface area (Å²) in [4.78, 5) is 16.9. The minimum Gasteiger partial charge on any atom is -0.464 e. The second-order valence-corrected chi connectivity index (χ2v) is 6.31. The molecule has 0 bridgehead atoms. The summed E-state index contributed by atoms with van der Waals surface area (Å²) in [6, 6.07) is 15.3. The monoisotopic (exact) mass is 340 g/mol. The summed E-state index contributed by atoms with van der Waals surface area (Å²) in [7, 11) is 0. The molecule has 3 aromatic rings. The molecule has 0 atom stereocenters. The fraction of sp³-hybridized carbons (Fsp3) is 0.211. The number of amides is 1. The highest BCUT2D eigenvalue weighted by Gasteiger charge is 2.23. The quantitative estimate of drug-likeness (QED) is 0.706. The Balaban J connectivity index is 1.47. The SMILES string of the molecule is O=C(c1ccc2occc2c1)N1CCN(c2ccccc2Cl)CC1. The van der Waals surface area contributed by atoms with Gasteiger partial charge in [-0.2, -0.15) is 0 Å². The van der Waals surface area contributed by atoms with Crippen LogP contribution in [0.2, 0.25) is 5.02 Å². The topological polar surface area (TPSA) is 36.7 Å². The van der Waals surface area contributed by atoms with Gasteiger partial charge < -0.3 is 14.2 Å². The van der Waals surface area contributed by atoms with Crippen LogP contribution in [0.5, 0.6) is 0 Å². The van der Waals surface area contributed by atoms with E-state index in [9.17, 15) is 4.79 Å². The summed E-state index contributed by atoms with van der Waals surface area (Å²) in [5, 5.41) is 1.71. The van der Waals surface area contributed by atoms with E-state index in [1.807, 2.05) is 53.4 Å². The van der Waals surface area contributed by atoms with Crippen molar-refractivity contribution in [1.29, 1.82) is 0 Å². The van der Waals surface area contributed by atoms with Crippen LogP contribution < -0.4 is 4.90 Å². The molecule has 2 aromatic carbocycles. The third-order valence-electron chi connectivity index (χ3n) is 4.46. The Morgan fingerprint density at radius 2 is 1.79 bits per heavy atom. The number of carbonyl (C=O) groups excluding carboxylic acids is 1. The second kappa shape index (κ2) is 6.21. The molecule has 1 saturated heterocycles. The number of piperazine rings is 1. The molecule has 0 radical (unpaired) electrons. The summed E-state index contributed by atoms with van der Waals surface area (Å²) in [6.07, 6.45) is 1.64. The van der Waals surface area contributed by atoms with Gasteiger partial charge in [-0.1, -0.05) is 23.7 Å². The van der Waals surface area contributed by atoms with Gasteiger partial charge >= 0.3 is 0 Å². The van der Waals surface area contributed by atoms with E-state index >= 15 is 0 Å². The summed E-state index contributed by atoms with van der Waals surface area (Å²) in [5.74, 6) is 0.0666. The number of halogens is 1. The van der Waals surface area contributed by atoms with Crippen molar-refractivity contribution in [1.82, 2.24) is 4.90 Å². The van der Waals surface area contributed by atoms with Crippen LogP contribution in [0, 0.1) is 0 Å². The predicted molar refractivity (Wildman–Crippen MR) is 95.8 cm³/mol. The van der Waals surface area contributed by atoms with Crippen molar-refractivity contribution in [2.24, 2.45) is 0 Å². The molecule has 1 aliphatic rings. The maximum atomic E-state index is 12.7. The van der Waals surface area contributed by atoms with Crippen molar-refractivity contribution >= 4 is 34.2 Å². The van der Waals surface area contributed by atoms with Crippen LogP contribution in [0.25, 0.3) is 11.0 Å². The van der Waals surface area contributed by atoms with Crippen molar-refractivity contribution in [2.75, 3.05) is 31.1 Å². The molecular formula is C19H17ClN2O2. The van der Waals surface area contributed by atoms with E-state index < -0.39 is 0 Å². The van der Waals surface area contributed by atoms with Crippen molar-refractivity contribution < 1.29 is 9.21 Å². The van der Waals surface area contributed by atoms with Gasteiger partial charge in [0.05, 0.1) is 17.0 Å². The van der Waals surface area contributed by atoms with Crippen molar-refractivity contribution in [3.05, 3.63) is 65.4 Å². The third kappa shape index (κ3) is 2.74. The van der Waals surface area contributed by atoms with Gasteiger partial charge in [0.25, 0.3) is 5.91 Å². The van der Waals surface area contributed by atoms with Crippen LogP contribution in [0.15, 0.2) is 59.2 Å². The number of hydrogen-bond acceptors (Lipinski definition) is 3. The van der Waals surface area contributed by atoms with Gasteiger partial charge in [-0.3, -0.25) is 4.79 Å². The minimum absolute atomic E-state index is 0.0666. The molecule has 4 nitrogen and oxygen atoms in total. The zero-order valence-corrected chi connectivity index (χ0v) is 13.9. The summed E-state index contributed by atoms with van der Waals surface area (Å²) >= 11 is 6.27. The number of rotatable bonds is 2. The van der Waals surface area contributed by atoms with Crippen LogP contribution in [0.4, 0.5) is 5.69 Å². The van der Waals surface area contributed by atoms with Crippen molar-refractivity contribution in [3.8, 4) is 0 Å². The normalized spacial score (nSPS) is 15.0. The molecule has 122 valence electrons. The molecule has 0 N–H and O–H groups in total. The number of anilines is 1. The van der Waals surface area contributed by atoms with Gasteiger partial charge in [0, 0.05) is 37.1 Å². The Morgan fingerprint density at radius 1 is 1.00 bits per heavy atom. The van der Waals surface area contributed by atoms with E-state index in [4.69, 9.17) is 16.0 Å². The fourth-order valence-corrected chi connectivity index (χ4v) is 3.40. The molecule has 1 aliphatic heterocycles. The molecule has 5 heteroatoms. The van der Waals surface area contributed by atoms with Crippen LogP contribution >= 0.6 is 11.6 Å². The van der Waals surface area contributed by atoms with Crippen LogP contribution in [-0.2, 0) is 0 Å². The van der Waals surface area contributed by atoms with E-state index in [0.29, 0.717) is 18.7 Å². The molecule has 2 heterocycles. The molecule has 0 aliphatic carbocycles. The smallest absolute Gasteiger partial charge is 0.254 e. The lowest BCUT2D eigenvalue weighted by atomic mass is 10.1. The maximum Gasteiger partial charge on any atom is 0.254 e. The van der Waals surface area contributed by atoms with Gasteiger partial charge in [-0.05, 0) is 36.4 Å². The molecule has 1 aromatic heterocycles. The van der Waals surface area contributed by atoms with E-state index in [1.165, 1.54) is 0 Å². The number of nitrogens with zero attached hydrogens (tertiary/aromatic N) is 2. The van der Waals surface area contributed by atoms with Crippen LogP contribution in [-0.4, -0.2) is 37.0 Å². The first-order valence-electron chi connectivity index (χ1n) is 7.98. The van der Waals surface area contributed by atoms with Gasteiger partial charge in [-0.25, -0.2) is 0 Å². The number of benzene rings is 2. The van der Waals surface area contributed by atoms with Crippen LogP contribution in [0.3, 0.4) is 0 Å². The van der Waals surface area contributed by atoms with Gasteiger partial charge in [-0.15, -0.1) is 0 Å². The van der Waals surface area contributed by atoms with E-state index in [0.717, 1.165) is 34.8 Å². The Kier molecular flexibility index (Phi) is 3.90. The zero-order valence-electron chi connectivity index (χ0n) is 13.1. The fourth-order valence-electron chi connectivity index (χ4n) is 3.14. The van der Waals surface area contributed by atoms with Gasteiger partial charge in [0.1, 0.15) is 5.58 Å².